The van der Waals surface area contributed by atoms with Crippen LogP contribution < -0.4 is 5.32 Å². The van der Waals surface area contributed by atoms with Crippen LogP contribution in [-0.4, -0.2) is 87.5 Å². The van der Waals surface area contributed by atoms with Crippen LogP contribution in [0.3, 0.4) is 0 Å². The zero-order chi connectivity index (χ0) is 35.2. The molecular formula is C39H71NO8. The van der Waals surface area contributed by atoms with E-state index in [0.29, 0.717) is 12.8 Å². The summed E-state index contributed by atoms with van der Waals surface area (Å²) in [6, 6.07) is -0.724. The fourth-order valence-electron chi connectivity index (χ4n) is 5.88. The quantitative estimate of drug-likeness (QED) is 0.0370. The molecule has 1 rings (SSSR count). The molecule has 1 saturated heterocycles. The molecule has 0 radical (unpaired) electrons. The van der Waals surface area contributed by atoms with Gasteiger partial charge in [-0.25, -0.2) is 0 Å². The Morgan fingerprint density at radius 3 is 1.92 bits per heavy atom. The molecule has 48 heavy (non-hydrogen) atoms. The third-order valence-electron chi connectivity index (χ3n) is 9.01. The summed E-state index contributed by atoms with van der Waals surface area (Å²) < 4.78 is 11.2. The highest BCUT2D eigenvalue weighted by atomic mass is 16.7. The monoisotopic (exact) mass is 682 g/mol. The van der Waals surface area contributed by atoms with Gasteiger partial charge in [0.05, 0.1) is 25.4 Å². The van der Waals surface area contributed by atoms with Crippen LogP contribution in [0.15, 0.2) is 36.5 Å². The minimum Gasteiger partial charge on any atom is -0.394 e. The van der Waals surface area contributed by atoms with E-state index in [1.54, 1.807) is 0 Å². The van der Waals surface area contributed by atoms with E-state index in [1.807, 2.05) is 0 Å². The first-order chi connectivity index (χ1) is 23.3. The number of hydrogen-bond acceptors (Lipinski definition) is 8. The lowest BCUT2D eigenvalue weighted by molar-refractivity contribution is -0.302. The molecule has 0 aliphatic carbocycles. The Morgan fingerprint density at radius 2 is 1.29 bits per heavy atom. The molecule has 7 atom stereocenters. The fraction of sp³-hybridized carbons (Fsp3) is 0.821. The molecule has 9 nitrogen and oxygen atoms in total. The van der Waals surface area contributed by atoms with Gasteiger partial charge in [0, 0.05) is 6.42 Å². The van der Waals surface area contributed by atoms with Gasteiger partial charge in [-0.2, -0.15) is 0 Å². The molecule has 0 aromatic heterocycles. The summed E-state index contributed by atoms with van der Waals surface area (Å²) in [6.07, 6.45) is 27.2. The lowest BCUT2D eigenvalue weighted by Crippen LogP contribution is -2.60. The van der Waals surface area contributed by atoms with Crippen molar-refractivity contribution in [3.05, 3.63) is 36.5 Å². The molecule has 0 spiro atoms. The summed E-state index contributed by atoms with van der Waals surface area (Å²) in [5.41, 5.74) is 0. The highest BCUT2D eigenvalue weighted by Gasteiger charge is 2.44. The molecular weight excluding hydrogens is 610 g/mol. The van der Waals surface area contributed by atoms with Gasteiger partial charge in [-0.15, -0.1) is 0 Å². The smallest absolute Gasteiger partial charge is 0.220 e. The van der Waals surface area contributed by atoms with Crippen molar-refractivity contribution in [1.82, 2.24) is 5.32 Å². The van der Waals surface area contributed by atoms with Gasteiger partial charge in [-0.3, -0.25) is 4.79 Å². The van der Waals surface area contributed by atoms with Gasteiger partial charge in [0.2, 0.25) is 5.91 Å². The summed E-state index contributed by atoms with van der Waals surface area (Å²) in [5.74, 6) is -0.166. The molecule has 1 aliphatic rings. The van der Waals surface area contributed by atoms with E-state index in [1.165, 1.54) is 44.9 Å². The molecule has 0 saturated carbocycles. The Balaban J connectivity index is 2.43. The maximum absolute atomic E-state index is 12.9. The summed E-state index contributed by atoms with van der Waals surface area (Å²) in [7, 11) is 0. The Morgan fingerprint density at radius 1 is 0.729 bits per heavy atom. The first kappa shape index (κ1) is 44.4. The number of allylic oxidation sites excluding steroid dienone is 6. The van der Waals surface area contributed by atoms with Crippen LogP contribution in [0.5, 0.6) is 0 Å². The summed E-state index contributed by atoms with van der Waals surface area (Å²) in [6.45, 7) is 3.66. The Labute approximate surface area is 291 Å². The van der Waals surface area contributed by atoms with Crippen LogP contribution in [-0.2, 0) is 14.3 Å². The molecule has 1 aliphatic heterocycles. The van der Waals surface area contributed by atoms with Gasteiger partial charge in [0.25, 0.3) is 0 Å². The van der Waals surface area contributed by atoms with Crippen molar-refractivity contribution in [3.8, 4) is 0 Å². The SMILES string of the molecule is CC/C=C\C/C=C\C/C=C\CCCCCCCC(=O)NC(COC1OC(CO)C(O)C(O)C1O)C(O)CCCCCCCCCCCC. The molecule has 1 amide bonds. The molecule has 0 aromatic rings. The lowest BCUT2D eigenvalue weighted by Gasteiger charge is -2.40. The van der Waals surface area contributed by atoms with Crippen molar-refractivity contribution >= 4 is 5.91 Å². The third kappa shape index (κ3) is 21.5. The number of ether oxygens (including phenoxy) is 2. The largest absolute Gasteiger partial charge is 0.394 e. The van der Waals surface area contributed by atoms with Crippen LogP contribution in [0.2, 0.25) is 0 Å². The van der Waals surface area contributed by atoms with E-state index in [4.69, 9.17) is 9.47 Å². The number of rotatable bonds is 30. The van der Waals surface area contributed by atoms with Crippen molar-refractivity contribution in [3.63, 3.8) is 0 Å². The van der Waals surface area contributed by atoms with Crippen molar-refractivity contribution < 1.29 is 39.8 Å². The number of nitrogens with one attached hydrogen (secondary N) is 1. The Hall–Kier alpha value is -1.59. The van der Waals surface area contributed by atoms with Crippen LogP contribution in [0.1, 0.15) is 149 Å². The summed E-state index contributed by atoms with van der Waals surface area (Å²) in [4.78, 5) is 12.9. The van der Waals surface area contributed by atoms with Gasteiger partial charge in [0.1, 0.15) is 24.4 Å². The number of carbonyl (C=O) groups is 1. The van der Waals surface area contributed by atoms with Crippen molar-refractivity contribution in [1.29, 1.82) is 0 Å². The third-order valence-corrected chi connectivity index (χ3v) is 9.01. The zero-order valence-corrected chi connectivity index (χ0v) is 30.2. The van der Waals surface area contributed by atoms with Gasteiger partial charge < -0.3 is 40.3 Å². The minimum absolute atomic E-state index is 0.146. The van der Waals surface area contributed by atoms with Crippen LogP contribution >= 0.6 is 0 Å². The molecule has 9 heteroatoms. The Bertz CT molecular complexity index is 848. The maximum atomic E-state index is 12.9. The first-order valence-electron chi connectivity index (χ1n) is 19.2. The molecule has 7 unspecified atom stereocenters. The molecule has 280 valence electrons. The first-order valence-corrected chi connectivity index (χ1v) is 19.2. The number of aliphatic hydroxyl groups is 5. The van der Waals surface area contributed by atoms with E-state index >= 15 is 0 Å². The second kappa shape index (κ2) is 30.3. The lowest BCUT2D eigenvalue weighted by atomic mass is 9.99. The van der Waals surface area contributed by atoms with E-state index < -0.39 is 49.5 Å². The van der Waals surface area contributed by atoms with Gasteiger partial charge >= 0.3 is 0 Å². The summed E-state index contributed by atoms with van der Waals surface area (Å²) in [5, 5.41) is 54.0. The molecule has 6 N–H and O–H groups in total. The van der Waals surface area contributed by atoms with Crippen LogP contribution in [0.4, 0.5) is 0 Å². The zero-order valence-electron chi connectivity index (χ0n) is 30.2. The number of amides is 1. The predicted molar refractivity (Wildman–Crippen MR) is 193 cm³/mol. The minimum atomic E-state index is -1.55. The highest BCUT2D eigenvalue weighted by Crippen LogP contribution is 2.23. The maximum Gasteiger partial charge on any atom is 0.220 e. The Kier molecular flexibility index (Phi) is 28.0. The average Bonchev–Trinajstić information content (AvgIpc) is 3.08. The van der Waals surface area contributed by atoms with Crippen molar-refractivity contribution in [2.45, 2.75) is 192 Å². The van der Waals surface area contributed by atoms with E-state index in [0.717, 1.165) is 77.0 Å². The second-order valence-corrected chi connectivity index (χ2v) is 13.3. The fourth-order valence-corrected chi connectivity index (χ4v) is 5.88. The van der Waals surface area contributed by atoms with E-state index in [9.17, 15) is 30.3 Å². The number of aliphatic hydroxyl groups excluding tert-OH is 5. The standard InChI is InChI=1S/C39H71NO8/c1-3-5-7-9-11-13-15-16-17-18-19-21-23-25-27-29-35(43)40-32(31-47-39-38(46)37(45)36(44)34(30-41)48-39)33(42)28-26-24-22-20-14-12-10-8-6-4-2/h5,7,11,13,16-17,32-34,36-39,41-42,44-46H,3-4,6,8-10,12,14-15,18-31H2,1-2H3,(H,40,43)/b7-5-,13-11-,17-16-. The van der Waals surface area contributed by atoms with Crippen LogP contribution in [0, 0.1) is 0 Å². The second-order valence-electron chi connectivity index (χ2n) is 13.3. The normalized spacial score (nSPS) is 23.0. The van der Waals surface area contributed by atoms with Gasteiger partial charge in [0.15, 0.2) is 6.29 Å². The summed E-state index contributed by atoms with van der Waals surface area (Å²) >= 11 is 0. The predicted octanol–water partition coefficient (Wildman–Crippen LogP) is 6.55. The van der Waals surface area contributed by atoms with E-state index in [-0.39, 0.29) is 12.5 Å². The topological polar surface area (TPSA) is 149 Å². The average molecular weight is 682 g/mol. The number of unbranched alkanes of at least 4 members (excludes halogenated alkanes) is 14. The molecule has 0 bridgehead atoms. The molecule has 1 heterocycles. The van der Waals surface area contributed by atoms with E-state index in [2.05, 4.69) is 55.6 Å². The number of hydrogen-bond donors (Lipinski definition) is 6. The number of carbonyl (C=O) groups excluding carboxylic acids is 1. The van der Waals surface area contributed by atoms with Crippen molar-refractivity contribution in [2.24, 2.45) is 0 Å². The molecule has 1 fully saturated rings. The van der Waals surface area contributed by atoms with Gasteiger partial charge in [-0.05, 0) is 44.9 Å². The van der Waals surface area contributed by atoms with Crippen LogP contribution in [0.25, 0.3) is 0 Å². The highest BCUT2D eigenvalue weighted by molar-refractivity contribution is 5.76. The van der Waals surface area contributed by atoms with Gasteiger partial charge in [-0.1, -0.05) is 134 Å². The molecule has 0 aromatic carbocycles. The van der Waals surface area contributed by atoms with Crippen molar-refractivity contribution in [2.75, 3.05) is 13.2 Å².